The lowest BCUT2D eigenvalue weighted by atomic mass is 10.3. The minimum absolute atomic E-state index is 0.0328. The lowest BCUT2D eigenvalue weighted by molar-refractivity contribution is -0.274. The van der Waals surface area contributed by atoms with Crippen molar-refractivity contribution in [2.75, 3.05) is 13.7 Å². The van der Waals surface area contributed by atoms with Gasteiger partial charge in [-0.05, 0) is 36.4 Å². The van der Waals surface area contributed by atoms with E-state index in [0.29, 0.717) is 11.5 Å². The Labute approximate surface area is 152 Å². The number of alkyl halides is 3. The van der Waals surface area contributed by atoms with Crippen LogP contribution >= 0.6 is 0 Å². The fourth-order valence-electron chi connectivity index (χ4n) is 1.94. The van der Waals surface area contributed by atoms with Crippen LogP contribution in [0, 0.1) is 0 Å². The third-order valence-corrected chi connectivity index (χ3v) is 3.17. The largest absolute Gasteiger partial charge is 0.573 e. The Kier molecular flexibility index (Phi) is 6.69. The van der Waals surface area contributed by atoms with Crippen LogP contribution in [0.1, 0.15) is 22.7 Å². The summed E-state index contributed by atoms with van der Waals surface area (Å²) in [5.41, 5.74) is 0. The van der Waals surface area contributed by atoms with Crippen LogP contribution in [-0.4, -0.2) is 31.9 Å². The average molecular weight is 387 g/mol. The maximum absolute atomic E-state index is 12.1. The fourth-order valence-corrected chi connectivity index (χ4v) is 1.94. The molecule has 1 amide bonds. The molecule has 0 fully saturated rings. The summed E-state index contributed by atoms with van der Waals surface area (Å²) in [5, 5.41) is 2.50. The Morgan fingerprint density at radius 3 is 2.37 bits per heavy atom. The highest BCUT2D eigenvalue weighted by Crippen LogP contribution is 2.25. The number of benzene rings is 1. The zero-order valence-electron chi connectivity index (χ0n) is 14.2. The summed E-state index contributed by atoms with van der Waals surface area (Å²) in [6, 6.07) is 7.81. The van der Waals surface area contributed by atoms with Crippen LogP contribution in [-0.2, 0) is 16.1 Å². The Morgan fingerprint density at radius 2 is 1.74 bits per heavy atom. The molecule has 1 aromatic carbocycles. The fraction of sp³-hybridized carbons (Fsp3) is 0.294. The van der Waals surface area contributed by atoms with Gasteiger partial charge in [0, 0.05) is 6.54 Å². The van der Waals surface area contributed by atoms with Gasteiger partial charge in [-0.2, -0.15) is 0 Å². The average Bonchev–Trinajstić information content (AvgIpc) is 3.08. The summed E-state index contributed by atoms with van der Waals surface area (Å²) in [4.78, 5) is 22.8. The van der Waals surface area contributed by atoms with E-state index in [2.05, 4.69) is 14.8 Å². The van der Waals surface area contributed by atoms with Crippen LogP contribution in [0.5, 0.6) is 11.5 Å². The first kappa shape index (κ1) is 20.1. The number of hydrogen-bond donors (Lipinski definition) is 1. The van der Waals surface area contributed by atoms with E-state index in [9.17, 15) is 22.8 Å². The second-order valence-corrected chi connectivity index (χ2v) is 5.16. The zero-order valence-corrected chi connectivity index (χ0v) is 14.2. The lowest BCUT2D eigenvalue weighted by Crippen LogP contribution is -2.25. The number of rotatable bonds is 8. The van der Waals surface area contributed by atoms with Gasteiger partial charge >= 0.3 is 12.3 Å². The molecule has 146 valence electrons. The summed E-state index contributed by atoms with van der Waals surface area (Å²) >= 11 is 0. The van der Waals surface area contributed by atoms with E-state index in [-0.39, 0.29) is 31.1 Å². The molecular formula is C17H16F3NO6. The van der Waals surface area contributed by atoms with Crippen molar-refractivity contribution in [2.24, 2.45) is 0 Å². The first-order valence-corrected chi connectivity index (χ1v) is 7.69. The number of ether oxygens (including phenoxy) is 3. The Hall–Kier alpha value is -3.17. The van der Waals surface area contributed by atoms with Gasteiger partial charge in [-0.25, -0.2) is 0 Å². The summed E-state index contributed by atoms with van der Waals surface area (Å²) in [6.07, 6.45) is -4.72. The van der Waals surface area contributed by atoms with Crippen molar-refractivity contribution in [3.8, 4) is 11.5 Å². The highest BCUT2D eigenvalue weighted by Gasteiger charge is 2.30. The van der Waals surface area contributed by atoms with Crippen molar-refractivity contribution in [2.45, 2.75) is 19.4 Å². The molecule has 0 spiro atoms. The molecule has 1 N–H and O–H groups in total. The summed E-state index contributed by atoms with van der Waals surface area (Å²) in [5.74, 6) is -0.644. The second-order valence-electron chi connectivity index (χ2n) is 5.16. The normalized spacial score (nSPS) is 11.0. The van der Waals surface area contributed by atoms with Gasteiger partial charge in [-0.1, -0.05) is 0 Å². The van der Waals surface area contributed by atoms with E-state index in [1.807, 2.05) is 0 Å². The number of esters is 1. The number of methoxy groups -OCH3 is 1. The summed E-state index contributed by atoms with van der Waals surface area (Å²) in [6.45, 7) is 0.0688. The molecule has 0 saturated carbocycles. The molecule has 0 aliphatic carbocycles. The SMILES string of the molecule is COC(=O)CCNC(=O)c1ccc(COc2ccc(OC(F)(F)F)cc2)o1. The van der Waals surface area contributed by atoms with Crippen LogP contribution in [0.2, 0.25) is 0 Å². The number of carbonyl (C=O) groups excluding carboxylic acids is 2. The van der Waals surface area contributed by atoms with Crippen molar-refractivity contribution in [3.63, 3.8) is 0 Å². The molecule has 0 aliphatic heterocycles. The predicted molar refractivity (Wildman–Crippen MR) is 85.1 cm³/mol. The highest BCUT2D eigenvalue weighted by molar-refractivity contribution is 5.91. The Bertz CT molecular complexity index is 770. The Balaban J connectivity index is 1.81. The third kappa shape index (κ3) is 6.92. The smallest absolute Gasteiger partial charge is 0.486 e. The van der Waals surface area contributed by atoms with Gasteiger partial charge in [0.1, 0.15) is 23.9 Å². The van der Waals surface area contributed by atoms with Crippen molar-refractivity contribution in [3.05, 3.63) is 47.9 Å². The van der Waals surface area contributed by atoms with Gasteiger partial charge in [0.05, 0.1) is 13.5 Å². The number of carbonyl (C=O) groups is 2. The lowest BCUT2D eigenvalue weighted by Gasteiger charge is -2.09. The number of amides is 1. The molecule has 2 rings (SSSR count). The molecule has 0 radical (unpaired) electrons. The molecule has 0 saturated heterocycles. The molecule has 1 heterocycles. The van der Waals surface area contributed by atoms with E-state index in [0.717, 1.165) is 12.1 Å². The van der Waals surface area contributed by atoms with Crippen LogP contribution in [0.4, 0.5) is 13.2 Å². The van der Waals surface area contributed by atoms with E-state index >= 15 is 0 Å². The van der Waals surface area contributed by atoms with Crippen molar-refractivity contribution in [1.29, 1.82) is 0 Å². The third-order valence-electron chi connectivity index (χ3n) is 3.17. The standard InChI is InChI=1S/C17H16F3NO6/c1-24-15(22)8-9-21-16(23)14-7-6-13(26-14)10-25-11-2-4-12(5-3-11)27-17(18,19)20/h2-7H,8-10H2,1H3,(H,21,23). The minimum atomic E-state index is -4.76. The molecule has 10 heteroatoms. The number of nitrogens with one attached hydrogen (secondary N) is 1. The summed E-state index contributed by atoms with van der Waals surface area (Å²) in [7, 11) is 1.25. The minimum Gasteiger partial charge on any atom is -0.486 e. The number of furan rings is 1. The van der Waals surface area contributed by atoms with E-state index in [1.165, 1.54) is 31.4 Å². The quantitative estimate of drug-likeness (QED) is 0.701. The molecule has 0 atom stereocenters. The topological polar surface area (TPSA) is 87.0 Å². The van der Waals surface area contributed by atoms with Gasteiger partial charge in [0.25, 0.3) is 5.91 Å². The van der Waals surface area contributed by atoms with E-state index in [4.69, 9.17) is 9.15 Å². The molecular weight excluding hydrogens is 371 g/mol. The molecule has 2 aromatic rings. The predicted octanol–water partition coefficient (Wildman–Crippen LogP) is 3.05. The van der Waals surface area contributed by atoms with Gasteiger partial charge in [0.15, 0.2) is 5.76 Å². The van der Waals surface area contributed by atoms with Crippen LogP contribution < -0.4 is 14.8 Å². The molecule has 7 nitrogen and oxygen atoms in total. The monoisotopic (exact) mass is 387 g/mol. The van der Waals surface area contributed by atoms with Crippen molar-refractivity contribution < 1.29 is 41.4 Å². The number of hydrogen-bond acceptors (Lipinski definition) is 6. The molecule has 1 aromatic heterocycles. The van der Waals surface area contributed by atoms with Crippen LogP contribution in [0.3, 0.4) is 0 Å². The summed E-state index contributed by atoms with van der Waals surface area (Å²) < 4.78 is 55.2. The van der Waals surface area contributed by atoms with Crippen molar-refractivity contribution in [1.82, 2.24) is 5.32 Å². The van der Waals surface area contributed by atoms with Gasteiger partial charge in [0.2, 0.25) is 0 Å². The van der Waals surface area contributed by atoms with Crippen molar-refractivity contribution >= 4 is 11.9 Å². The van der Waals surface area contributed by atoms with Crippen LogP contribution in [0.15, 0.2) is 40.8 Å². The molecule has 27 heavy (non-hydrogen) atoms. The molecule has 0 aliphatic rings. The first-order valence-electron chi connectivity index (χ1n) is 7.69. The highest BCUT2D eigenvalue weighted by atomic mass is 19.4. The maximum atomic E-state index is 12.1. The van der Waals surface area contributed by atoms with E-state index < -0.39 is 18.2 Å². The first-order chi connectivity index (χ1) is 12.8. The van der Waals surface area contributed by atoms with Gasteiger partial charge in [-0.15, -0.1) is 13.2 Å². The Morgan fingerprint density at radius 1 is 1.07 bits per heavy atom. The maximum Gasteiger partial charge on any atom is 0.573 e. The van der Waals surface area contributed by atoms with Crippen LogP contribution in [0.25, 0.3) is 0 Å². The zero-order chi connectivity index (χ0) is 19.9. The number of halogens is 3. The molecule has 0 bridgehead atoms. The molecule has 0 unspecified atom stereocenters. The van der Waals surface area contributed by atoms with Gasteiger partial charge in [-0.3, -0.25) is 9.59 Å². The second kappa shape index (κ2) is 8.97. The van der Waals surface area contributed by atoms with E-state index in [1.54, 1.807) is 0 Å². The van der Waals surface area contributed by atoms with Gasteiger partial charge < -0.3 is 23.9 Å².